The molecule has 0 saturated carbocycles. The lowest BCUT2D eigenvalue weighted by molar-refractivity contribution is 0.102. The molecule has 0 fully saturated rings. The average Bonchev–Trinajstić information content (AvgIpc) is 2.84. The SMILES string of the molecule is COc1cc(-c2cccc(-c3cccc(C(=O)Nc4ccccn4)c3C)c2C)cc(F)c1CN. The van der Waals surface area contributed by atoms with Gasteiger partial charge in [-0.15, -0.1) is 0 Å². The van der Waals surface area contributed by atoms with Gasteiger partial charge < -0.3 is 15.8 Å². The Balaban J connectivity index is 1.76. The highest BCUT2D eigenvalue weighted by Crippen LogP contribution is 2.36. The summed E-state index contributed by atoms with van der Waals surface area (Å²) in [4.78, 5) is 17.1. The van der Waals surface area contributed by atoms with Crippen LogP contribution in [0.3, 0.4) is 0 Å². The van der Waals surface area contributed by atoms with Crippen molar-refractivity contribution in [2.45, 2.75) is 20.4 Å². The number of ether oxygens (including phenoxy) is 1. The number of halogens is 1. The molecule has 0 aliphatic heterocycles. The third kappa shape index (κ3) is 4.40. The molecule has 3 N–H and O–H groups in total. The maximum Gasteiger partial charge on any atom is 0.257 e. The van der Waals surface area contributed by atoms with E-state index in [1.165, 1.54) is 13.2 Å². The largest absolute Gasteiger partial charge is 0.496 e. The van der Waals surface area contributed by atoms with Crippen molar-refractivity contribution in [3.8, 4) is 28.0 Å². The number of nitrogens with two attached hydrogens (primary N) is 1. The van der Waals surface area contributed by atoms with Crippen molar-refractivity contribution >= 4 is 11.7 Å². The number of carbonyl (C=O) groups is 1. The van der Waals surface area contributed by atoms with Gasteiger partial charge in [-0.25, -0.2) is 9.37 Å². The third-order valence-electron chi connectivity index (χ3n) is 6.00. The second-order valence-electron chi connectivity index (χ2n) is 7.97. The van der Waals surface area contributed by atoms with Crippen LogP contribution in [-0.4, -0.2) is 18.0 Å². The van der Waals surface area contributed by atoms with Crippen molar-refractivity contribution in [3.05, 3.63) is 101 Å². The predicted octanol–water partition coefficient (Wildman–Crippen LogP) is 5.89. The molecule has 34 heavy (non-hydrogen) atoms. The summed E-state index contributed by atoms with van der Waals surface area (Å²) in [6, 6.07) is 20.2. The molecule has 0 atom stereocenters. The van der Waals surface area contributed by atoms with Gasteiger partial charge in [-0.3, -0.25) is 4.79 Å². The fraction of sp³-hybridized carbons (Fsp3) is 0.143. The Kier molecular flexibility index (Phi) is 6.70. The smallest absolute Gasteiger partial charge is 0.257 e. The number of rotatable bonds is 6. The van der Waals surface area contributed by atoms with Crippen molar-refractivity contribution in [3.63, 3.8) is 0 Å². The molecule has 0 saturated heterocycles. The topological polar surface area (TPSA) is 77.2 Å². The Labute approximate surface area is 198 Å². The highest BCUT2D eigenvalue weighted by atomic mass is 19.1. The van der Waals surface area contributed by atoms with E-state index in [0.29, 0.717) is 28.3 Å². The molecule has 3 aromatic carbocycles. The Hall–Kier alpha value is -4.03. The van der Waals surface area contributed by atoms with Crippen LogP contribution in [0.2, 0.25) is 0 Å². The first-order valence-electron chi connectivity index (χ1n) is 10.9. The first-order valence-corrected chi connectivity index (χ1v) is 10.9. The predicted molar refractivity (Wildman–Crippen MR) is 133 cm³/mol. The average molecular weight is 456 g/mol. The molecule has 0 aliphatic rings. The summed E-state index contributed by atoms with van der Waals surface area (Å²) in [5.41, 5.74) is 11.9. The summed E-state index contributed by atoms with van der Waals surface area (Å²) in [7, 11) is 1.51. The molecular formula is C28H26FN3O2. The van der Waals surface area contributed by atoms with Gasteiger partial charge in [0.2, 0.25) is 0 Å². The van der Waals surface area contributed by atoms with Crippen LogP contribution >= 0.6 is 0 Å². The van der Waals surface area contributed by atoms with E-state index in [0.717, 1.165) is 27.8 Å². The molecule has 0 bridgehead atoms. The number of aromatic nitrogens is 1. The number of anilines is 1. The number of benzene rings is 3. The molecule has 5 nitrogen and oxygen atoms in total. The van der Waals surface area contributed by atoms with Crippen LogP contribution in [-0.2, 0) is 6.54 Å². The highest BCUT2D eigenvalue weighted by Gasteiger charge is 2.17. The Morgan fingerprint density at radius 2 is 1.68 bits per heavy atom. The first kappa shape index (κ1) is 23.1. The Bertz CT molecular complexity index is 1350. The molecule has 1 heterocycles. The summed E-state index contributed by atoms with van der Waals surface area (Å²) in [6.07, 6.45) is 1.63. The van der Waals surface area contributed by atoms with Crippen LogP contribution in [0.1, 0.15) is 27.0 Å². The second-order valence-corrected chi connectivity index (χ2v) is 7.97. The number of nitrogens with zero attached hydrogens (tertiary/aromatic N) is 1. The lowest BCUT2D eigenvalue weighted by atomic mass is 9.89. The van der Waals surface area contributed by atoms with Gasteiger partial charge in [-0.2, -0.15) is 0 Å². The van der Waals surface area contributed by atoms with Crippen LogP contribution in [0.15, 0.2) is 72.9 Å². The minimum atomic E-state index is -0.397. The first-order chi connectivity index (χ1) is 16.4. The molecule has 0 aliphatic carbocycles. The molecule has 0 radical (unpaired) electrons. The van der Waals surface area contributed by atoms with Gasteiger partial charge in [0.05, 0.1) is 7.11 Å². The monoisotopic (exact) mass is 455 g/mol. The fourth-order valence-electron chi connectivity index (χ4n) is 4.18. The van der Waals surface area contributed by atoms with Crippen LogP contribution in [0.4, 0.5) is 10.2 Å². The molecule has 1 amide bonds. The molecule has 1 aromatic heterocycles. The lowest BCUT2D eigenvalue weighted by Gasteiger charge is -2.17. The molecule has 6 heteroatoms. The van der Waals surface area contributed by atoms with Gasteiger partial charge in [0.25, 0.3) is 5.91 Å². The summed E-state index contributed by atoms with van der Waals surface area (Å²) < 4.78 is 20.1. The van der Waals surface area contributed by atoms with Crippen molar-refractivity contribution < 1.29 is 13.9 Å². The summed E-state index contributed by atoms with van der Waals surface area (Å²) in [5, 5.41) is 2.84. The lowest BCUT2D eigenvalue weighted by Crippen LogP contribution is -2.14. The number of amides is 1. The number of nitrogens with one attached hydrogen (secondary N) is 1. The minimum absolute atomic E-state index is 0.0564. The third-order valence-corrected chi connectivity index (χ3v) is 6.00. The van der Waals surface area contributed by atoms with E-state index >= 15 is 0 Å². The second kappa shape index (κ2) is 9.85. The zero-order chi connectivity index (χ0) is 24.2. The van der Waals surface area contributed by atoms with Crippen LogP contribution in [0.25, 0.3) is 22.3 Å². The fourth-order valence-corrected chi connectivity index (χ4v) is 4.18. The number of methoxy groups -OCH3 is 1. The van der Waals surface area contributed by atoms with E-state index in [9.17, 15) is 9.18 Å². The van der Waals surface area contributed by atoms with Crippen molar-refractivity contribution in [2.24, 2.45) is 5.73 Å². The zero-order valence-electron chi connectivity index (χ0n) is 19.4. The normalized spacial score (nSPS) is 10.7. The van der Waals surface area contributed by atoms with Gasteiger partial charge in [0, 0.05) is 23.9 Å². The summed E-state index contributed by atoms with van der Waals surface area (Å²) in [5.74, 6) is 0.293. The molecule has 4 rings (SSSR count). The number of hydrogen-bond donors (Lipinski definition) is 2. The standard InChI is InChI=1S/C28H26FN3O2/c1-17-20(19-14-25(29)24(16-30)26(15-19)34-3)8-6-9-21(17)22-10-7-11-23(18(22)2)28(33)32-27-12-4-5-13-31-27/h4-15H,16,30H2,1-3H3,(H,31,32,33). The van der Waals surface area contributed by atoms with Gasteiger partial charge in [0.1, 0.15) is 17.4 Å². The summed E-state index contributed by atoms with van der Waals surface area (Å²) >= 11 is 0. The van der Waals surface area contributed by atoms with Crippen molar-refractivity contribution in [1.82, 2.24) is 4.98 Å². The maximum absolute atomic E-state index is 14.7. The molecule has 172 valence electrons. The van der Waals surface area contributed by atoms with E-state index in [2.05, 4.69) is 10.3 Å². The van der Waals surface area contributed by atoms with Gasteiger partial charge in [-0.1, -0.05) is 36.4 Å². The van der Waals surface area contributed by atoms with E-state index in [4.69, 9.17) is 10.5 Å². The molecule has 0 spiro atoms. The van der Waals surface area contributed by atoms with E-state index in [1.807, 2.05) is 50.2 Å². The van der Waals surface area contributed by atoms with E-state index in [1.54, 1.807) is 30.5 Å². The Morgan fingerprint density at radius 3 is 2.35 bits per heavy atom. The van der Waals surface area contributed by atoms with E-state index < -0.39 is 5.82 Å². The maximum atomic E-state index is 14.7. The van der Waals surface area contributed by atoms with E-state index in [-0.39, 0.29) is 12.5 Å². The number of carbonyl (C=O) groups excluding carboxylic acids is 1. The number of pyridine rings is 1. The molecule has 4 aromatic rings. The molecular weight excluding hydrogens is 429 g/mol. The van der Waals surface area contributed by atoms with Gasteiger partial charge in [0.15, 0.2) is 0 Å². The highest BCUT2D eigenvalue weighted by molar-refractivity contribution is 6.06. The quantitative estimate of drug-likeness (QED) is 0.380. The minimum Gasteiger partial charge on any atom is -0.496 e. The number of hydrogen-bond acceptors (Lipinski definition) is 4. The van der Waals surface area contributed by atoms with Crippen molar-refractivity contribution in [2.75, 3.05) is 12.4 Å². The summed E-state index contributed by atoms with van der Waals surface area (Å²) in [6.45, 7) is 3.97. The van der Waals surface area contributed by atoms with Crippen LogP contribution in [0.5, 0.6) is 5.75 Å². The van der Waals surface area contributed by atoms with Crippen LogP contribution < -0.4 is 15.8 Å². The van der Waals surface area contributed by atoms with Gasteiger partial charge in [-0.05, 0) is 77.6 Å². The molecule has 0 unspecified atom stereocenters. The van der Waals surface area contributed by atoms with Crippen LogP contribution in [0, 0.1) is 19.7 Å². The Morgan fingerprint density at radius 1 is 0.971 bits per heavy atom. The van der Waals surface area contributed by atoms with Crippen molar-refractivity contribution in [1.29, 1.82) is 0 Å². The zero-order valence-corrected chi connectivity index (χ0v) is 19.4. The van der Waals surface area contributed by atoms with Gasteiger partial charge >= 0.3 is 0 Å².